The number of carbonyl (C=O) groups is 1. The molecule has 6 heteroatoms. The van der Waals surface area contributed by atoms with Gasteiger partial charge in [0.15, 0.2) is 0 Å². The maximum absolute atomic E-state index is 14.7. The lowest BCUT2D eigenvalue weighted by Crippen LogP contribution is -2.43. The summed E-state index contributed by atoms with van der Waals surface area (Å²) in [6, 6.07) is 14.6. The minimum absolute atomic E-state index is 0.0716. The van der Waals surface area contributed by atoms with Gasteiger partial charge in [-0.1, -0.05) is 74.9 Å². The molecular formula is C31H38FN3O2. The number of rotatable bonds is 8. The molecule has 196 valence electrons. The summed E-state index contributed by atoms with van der Waals surface area (Å²) >= 11 is 0. The second-order valence-electron chi connectivity index (χ2n) is 10.6. The van der Waals surface area contributed by atoms with Crippen molar-refractivity contribution >= 4 is 5.91 Å². The predicted octanol–water partition coefficient (Wildman–Crippen LogP) is 7.00. The first-order chi connectivity index (χ1) is 18.2. The largest absolute Gasteiger partial charge is 0.372 e. The Morgan fingerprint density at radius 1 is 1.00 bits per heavy atom. The monoisotopic (exact) mass is 503 g/mol. The molecule has 1 N–H and O–H groups in total. The van der Waals surface area contributed by atoms with Crippen LogP contribution in [0.3, 0.4) is 0 Å². The van der Waals surface area contributed by atoms with Crippen molar-refractivity contribution in [3.8, 4) is 11.4 Å². The Labute approximate surface area is 219 Å². The molecule has 1 heterocycles. The number of imidazole rings is 1. The number of hydrogen-bond acceptors (Lipinski definition) is 3. The summed E-state index contributed by atoms with van der Waals surface area (Å²) in [5.41, 5.74) is 2.47. The number of hydrogen-bond donors (Lipinski definition) is 1. The van der Waals surface area contributed by atoms with Gasteiger partial charge >= 0.3 is 0 Å². The highest BCUT2D eigenvalue weighted by Crippen LogP contribution is 2.39. The lowest BCUT2D eigenvalue weighted by Gasteiger charge is -2.33. The van der Waals surface area contributed by atoms with Gasteiger partial charge in [-0.3, -0.25) is 4.79 Å². The fraction of sp³-hybridized carbons (Fsp3) is 0.484. The summed E-state index contributed by atoms with van der Waals surface area (Å²) in [5, 5.41) is 3.38. The fourth-order valence-electron chi connectivity index (χ4n) is 6.32. The third-order valence-corrected chi connectivity index (χ3v) is 8.16. The summed E-state index contributed by atoms with van der Waals surface area (Å²) in [4.78, 5) is 18.6. The topological polar surface area (TPSA) is 56.2 Å². The molecule has 0 saturated heterocycles. The normalized spacial score (nSPS) is 18.9. The van der Waals surface area contributed by atoms with Gasteiger partial charge in [-0.05, 0) is 54.9 Å². The van der Waals surface area contributed by atoms with Gasteiger partial charge in [0.05, 0.1) is 0 Å². The quantitative estimate of drug-likeness (QED) is 0.360. The number of aromatic nitrogens is 2. The smallest absolute Gasteiger partial charge is 0.243 e. The summed E-state index contributed by atoms with van der Waals surface area (Å²) < 4.78 is 22.6. The van der Waals surface area contributed by atoms with Crippen molar-refractivity contribution in [3.05, 3.63) is 77.9 Å². The van der Waals surface area contributed by atoms with Crippen LogP contribution in [0.15, 0.2) is 60.9 Å². The van der Waals surface area contributed by atoms with Crippen molar-refractivity contribution in [3.63, 3.8) is 0 Å². The van der Waals surface area contributed by atoms with E-state index >= 15 is 0 Å². The van der Waals surface area contributed by atoms with Gasteiger partial charge in [0, 0.05) is 31.1 Å². The number of nitrogens with zero attached hydrogens (tertiary/aromatic N) is 2. The third kappa shape index (κ3) is 5.80. The lowest BCUT2D eigenvalue weighted by atomic mass is 9.82. The van der Waals surface area contributed by atoms with Gasteiger partial charge in [-0.25, -0.2) is 9.37 Å². The number of halogens is 1. The second kappa shape index (κ2) is 12.0. The standard InChI is InChI=1S/C31H38FN3O2/c1-37-29(23-13-7-3-8-14-23)26-18-17-24(32)21-27(26)30-33-19-20-35(30)28(22-11-5-2-6-12-22)31(36)34-25-15-9-4-10-16-25/h3,7-8,13-14,17-22,25,28-29H,2,4-6,9-12,15-16H2,1H3,(H,34,36). The Bertz CT molecular complexity index is 1170. The Morgan fingerprint density at radius 3 is 2.41 bits per heavy atom. The fourth-order valence-corrected chi connectivity index (χ4v) is 6.32. The molecule has 1 amide bonds. The summed E-state index contributed by atoms with van der Waals surface area (Å²) in [6.07, 6.45) is 14.4. The molecule has 1 aromatic heterocycles. The molecule has 2 aromatic carbocycles. The highest BCUT2D eigenvalue weighted by molar-refractivity contribution is 5.82. The second-order valence-corrected chi connectivity index (χ2v) is 10.6. The molecule has 2 fully saturated rings. The van der Waals surface area contributed by atoms with Crippen molar-refractivity contribution in [1.29, 1.82) is 0 Å². The highest BCUT2D eigenvalue weighted by atomic mass is 19.1. The van der Waals surface area contributed by atoms with Crippen LogP contribution in [0.25, 0.3) is 11.4 Å². The first-order valence-corrected chi connectivity index (χ1v) is 13.9. The Kier molecular flexibility index (Phi) is 8.34. The maximum Gasteiger partial charge on any atom is 0.243 e. The van der Waals surface area contributed by atoms with Gasteiger partial charge in [0.25, 0.3) is 0 Å². The van der Waals surface area contributed by atoms with E-state index in [9.17, 15) is 9.18 Å². The third-order valence-electron chi connectivity index (χ3n) is 8.16. The average molecular weight is 504 g/mol. The molecule has 0 radical (unpaired) electrons. The molecule has 0 bridgehead atoms. The van der Waals surface area contributed by atoms with Crippen LogP contribution in [0.5, 0.6) is 0 Å². The van der Waals surface area contributed by atoms with Gasteiger partial charge in [-0.15, -0.1) is 0 Å². The van der Waals surface area contributed by atoms with Crippen LogP contribution in [-0.2, 0) is 9.53 Å². The number of carbonyl (C=O) groups excluding carboxylic acids is 1. The number of amides is 1. The van der Waals surface area contributed by atoms with Crippen LogP contribution in [0, 0.1) is 11.7 Å². The van der Waals surface area contributed by atoms with E-state index in [1.54, 1.807) is 19.4 Å². The van der Waals surface area contributed by atoms with Crippen molar-refractivity contribution in [2.24, 2.45) is 5.92 Å². The summed E-state index contributed by atoms with van der Waals surface area (Å²) in [5.74, 6) is 0.580. The van der Waals surface area contributed by atoms with Crippen LogP contribution in [-0.4, -0.2) is 28.6 Å². The van der Waals surface area contributed by atoms with E-state index in [2.05, 4.69) is 5.32 Å². The zero-order chi connectivity index (χ0) is 25.6. The van der Waals surface area contributed by atoms with Crippen LogP contribution in [0.4, 0.5) is 4.39 Å². The summed E-state index contributed by atoms with van der Waals surface area (Å²) in [7, 11) is 1.67. The predicted molar refractivity (Wildman–Crippen MR) is 144 cm³/mol. The van der Waals surface area contributed by atoms with Crippen molar-refractivity contribution in [1.82, 2.24) is 14.9 Å². The molecule has 2 aliphatic carbocycles. The first-order valence-electron chi connectivity index (χ1n) is 13.9. The van der Waals surface area contributed by atoms with E-state index in [1.165, 1.54) is 37.8 Å². The molecule has 5 rings (SSSR count). The molecule has 2 atom stereocenters. The zero-order valence-corrected chi connectivity index (χ0v) is 21.7. The molecule has 5 nitrogen and oxygen atoms in total. The zero-order valence-electron chi connectivity index (χ0n) is 21.7. The van der Waals surface area contributed by atoms with E-state index in [4.69, 9.17) is 9.72 Å². The van der Waals surface area contributed by atoms with E-state index in [0.29, 0.717) is 11.4 Å². The molecule has 2 saturated carbocycles. The van der Waals surface area contributed by atoms with E-state index in [1.807, 2.05) is 41.1 Å². The van der Waals surface area contributed by atoms with Crippen LogP contribution < -0.4 is 5.32 Å². The maximum atomic E-state index is 14.7. The van der Waals surface area contributed by atoms with Crippen LogP contribution in [0.2, 0.25) is 0 Å². The minimum Gasteiger partial charge on any atom is -0.372 e. The van der Waals surface area contributed by atoms with Crippen LogP contribution in [0.1, 0.15) is 87.5 Å². The lowest BCUT2D eigenvalue weighted by molar-refractivity contribution is -0.127. The number of ether oxygens (including phenoxy) is 1. The van der Waals surface area contributed by atoms with Crippen molar-refractivity contribution < 1.29 is 13.9 Å². The highest BCUT2D eigenvalue weighted by Gasteiger charge is 2.34. The van der Waals surface area contributed by atoms with Gasteiger partial charge in [0.1, 0.15) is 23.8 Å². The summed E-state index contributed by atoms with van der Waals surface area (Å²) in [6.45, 7) is 0. The van der Waals surface area contributed by atoms with Gasteiger partial charge in [0.2, 0.25) is 5.91 Å². The Balaban J connectivity index is 1.55. The van der Waals surface area contributed by atoms with Gasteiger partial charge in [-0.2, -0.15) is 0 Å². The van der Waals surface area contributed by atoms with E-state index < -0.39 is 0 Å². The van der Waals surface area contributed by atoms with Gasteiger partial charge < -0.3 is 14.6 Å². The molecule has 0 aliphatic heterocycles. The number of benzene rings is 2. The Morgan fingerprint density at radius 2 is 1.70 bits per heavy atom. The average Bonchev–Trinajstić information content (AvgIpc) is 3.41. The molecule has 3 aromatic rings. The first kappa shape index (κ1) is 25.7. The SMILES string of the molecule is COC(c1ccccc1)c1ccc(F)cc1-c1nccn1C(C(=O)NC1CCCCC1)C1CCCCC1. The number of nitrogens with one attached hydrogen (secondary N) is 1. The molecular weight excluding hydrogens is 465 g/mol. The van der Waals surface area contributed by atoms with E-state index in [0.717, 1.165) is 49.7 Å². The molecule has 37 heavy (non-hydrogen) atoms. The van der Waals surface area contributed by atoms with Crippen LogP contribution >= 0.6 is 0 Å². The Hall–Kier alpha value is -2.99. The van der Waals surface area contributed by atoms with Crippen molar-refractivity contribution in [2.45, 2.75) is 82.4 Å². The van der Waals surface area contributed by atoms with E-state index in [-0.39, 0.29) is 35.8 Å². The minimum atomic E-state index is -0.383. The molecule has 2 unspecified atom stereocenters. The number of methoxy groups -OCH3 is 1. The molecule has 2 aliphatic rings. The molecule has 0 spiro atoms. The van der Waals surface area contributed by atoms with Crippen molar-refractivity contribution in [2.75, 3.05) is 7.11 Å².